The van der Waals surface area contributed by atoms with Gasteiger partial charge in [0.15, 0.2) is 0 Å². The molecule has 0 saturated heterocycles. The molecule has 3 saturated carbocycles. The number of hydrogen-bond acceptors (Lipinski definition) is 16. The number of aliphatic hydroxyl groups excluding tert-OH is 1. The van der Waals surface area contributed by atoms with E-state index in [0.717, 1.165) is 101 Å². The van der Waals surface area contributed by atoms with E-state index in [0.29, 0.717) is 53.1 Å². The maximum Gasteiger partial charge on any atom is 0.141 e. The minimum absolute atomic E-state index is 0.382. The van der Waals surface area contributed by atoms with Crippen molar-refractivity contribution in [1.82, 2.24) is 34.8 Å². The first-order chi connectivity index (χ1) is 31.1. The van der Waals surface area contributed by atoms with Gasteiger partial charge in [-0.3, -0.25) is 0 Å². The fraction of sp³-hybridized carbons (Fsp3) is 0.625. The van der Waals surface area contributed by atoms with Gasteiger partial charge >= 0.3 is 0 Å². The summed E-state index contributed by atoms with van der Waals surface area (Å²) in [5, 5.41) is 18.1. The Morgan fingerprint density at radius 2 is 0.846 bits per heavy atom. The van der Waals surface area contributed by atoms with Gasteiger partial charge in [0.1, 0.15) is 50.3 Å². The van der Waals surface area contributed by atoms with Crippen LogP contribution < -0.4 is 27.8 Å². The number of fused-ring (bicyclic) bond motifs is 3. The van der Waals surface area contributed by atoms with Gasteiger partial charge in [0.25, 0.3) is 0 Å². The third-order valence-electron chi connectivity index (χ3n) is 12.4. The molecule has 6 aromatic heterocycles. The van der Waals surface area contributed by atoms with E-state index < -0.39 is 0 Å². The van der Waals surface area contributed by atoms with Crippen LogP contribution in [0.2, 0.25) is 5.15 Å². The molecular weight excluding hydrogens is 892 g/mol. The monoisotopic (exact) mass is 967 g/mol. The normalized spacial score (nSPS) is 22.1. The summed E-state index contributed by atoms with van der Waals surface area (Å²) < 4.78 is 0. The molecule has 9 N–H and O–H groups in total. The Morgan fingerprint density at radius 3 is 1.20 bits per heavy atom. The molecule has 0 amide bonds. The summed E-state index contributed by atoms with van der Waals surface area (Å²) in [5.74, 6) is 3.60. The molecule has 3 fully saturated rings. The van der Waals surface area contributed by atoms with Crippen LogP contribution in [0.15, 0.2) is 37.2 Å². The number of nitrogens with zero attached hydrogens (tertiary/aromatic N) is 7. The van der Waals surface area contributed by atoms with Gasteiger partial charge in [-0.25, -0.2) is 29.9 Å². The molecule has 6 heterocycles. The van der Waals surface area contributed by atoms with Crippen molar-refractivity contribution in [2.45, 2.75) is 173 Å². The first-order valence-electron chi connectivity index (χ1n) is 23.4. The number of rotatable bonds is 8. The molecule has 65 heavy (non-hydrogen) atoms. The number of hydrogen-bond donors (Lipinski definition) is 6. The summed E-state index contributed by atoms with van der Waals surface area (Å²) in [7, 11) is 5.37. The first-order valence-corrected chi connectivity index (χ1v) is 26.3. The smallest absolute Gasteiger partial charge is 0.141 e. The predicted molar refractivity (Wildman–Crippen MR) is 279 cm³/mol. The number of aromatic nitrogens is 6. The van der Waals surface area contributed by atoms with Crippen LogP contribution in [-0.2, 0) is 0 Å². The van der Waals surface area contributed by atoms with Crippen molar-refractivity contribution in [3.63, 3.8) is 0 Å². The molecular formula is C48H75ClN12OS3. The number of halogens is 1. The van der Waals surface area contributed by atoms with E-state index in [1.807, 2.05) is 0 Å². The molecule has 0 spiro atoms. The topological polar surface area (TPSA) is 203 Å². The lowest BCUT2D eigenvalue weighted by molar-refractivity contribution is 0.221. The average molecular weight is 968 g/mol. The third kappa shape index (κ3) is 15.4. The summed E-state index contributed by atoms with van der Waals surface area (Å²) in [6, 6.07) is 9.61. The lowest BCUT2D eigenvalue weighted by Gasteiger charge is -2.33. The molecule has 0 aliphatic heterocycles. The second-order valence-corrected chi connectivity index (χ2v) is 22.3. The maximum atomic E-state index is 7.00. The Hall–Kier alpha value is -3.19. The highest BCUT2D eigenvalue weighted by molar-refractivity contribution is 7.19. The number of aliphatic hydroxyl groups is 1. The standard InChI is InChI=1S/C17H26N4S.C15H22N4S.C9H9ClN2S.C6H14N2.CH4O/c1-11(2)15-9-14-16(18-10-19-17(14)22-15)20-12-5-7-13(8-6-12)21(3)4;1-9(2)13-7-12-14(17-8-18-15(12)20-13)19-11-5-3-10(16)4-6-11;1-5(2)7-3-6-8(10)11-4-12-9(6)13-7;7-5-1-2-6(8)4-3-5;1-2/h9-13H,5-8H2,1-4H3,(H,18,19,20);7-11H,3-6,16H2,1-2H3,(H,17,18,19);3-5H,1-2H3;5-6H,1-4,7-8H2;2H,1H3. The van der Waals surface area contributed by atoms with Crippen LogP contribution in [0.5, 0.6) is 0 Å². The van der Waals surface area contributed by atoms with Gasteiger partial charge in [-0.2, -0.15) is 0 Å². The number of nitrogens with one attached hydrogen (secondary N) is 2. The summed E-state index contributed by atoms with van der Waals surface area (Å²) in [6.45, 7) is 13.2. The number of anilines is 2. The summed E-state index contributed by atoms with van der Waals surface area (Å²) in [6.07, 6.45) is 18.8. The van der Waals surface area contributed by atoms with Crippen LogP contribution >= 0.6 is 45.6 Å². The van der Waals surface area contributed by atoms with Crippen molar-refractivity contribution in [2.24, 2.45) is 17.2 Å². The lowest BCUT2D eigenvalue weighted by Crippen LogP contribution is -2.36. The zero-order chi connectivity index (χ0) is 47.2. The lowest BCUT2D eigenvalue weighted by atomic mass is 9.90. The van der Waals surface area contributed by atoms with Gasteiger partial charge in [-0.15, -0.1) is 34.0 Å². The van der Waals surface area contributed by atoms with E-state index >= 15 is 0 Å². The van der Waals surface area contributed by atoms with E-state index in [2.05, 4.69) is 119 Å². The van der Waals surface area contributed by atoms with Gasteiger partial charge in [0.05, 0.1) is 10.8 Å². The quantitative estimate of drug-likeness (QED) is 0.0787. The second-order valence-electron chi connectivity index (χ2n) is 18.7. The fourth-order valence-corrected chi connectivity index (χ4v) is 11.5. The van der Waals surface area contributed by atoms with Crippen LogP contribution in [0.4, 0.5) is 11.6 Å². The van der Waals surface area contributed by atoms with Crippen molar-refractivity contribution < 1.29 is 5.11 Å². The maximum absolute atomic E-state index is 7.00. The molecule has 0 unspecified atom stereocenters. The Bertz CT molecular complexity index is 2300. The van der Waals surface area contributed by atoms with E-state index in [-0.39, 0.29) is 0 Å². The van der Waals surface area contributed by atoms with Crippen molar-refractivity contribution >= 4 is 87.9 Å². The van der Waals surface area contributed by atoms with Crippen molar-refractivity contribution in [1.29, 1.82) is 0 Å². The Labute approximate surface area is 404 Å². The second kappa shape index (κ2) is 25.8. The Balaban J connectivity index is 0.000000169. The number of thiophene rings is 3. The van der Waals surface area contributed by atoms with E-state index in [9.17, 15) is 0 Å². The Morgan fingerprint density at radius 1 is 0.523 bits per heavy atom. The highest BCUT2D eigenvalue weighted by Gasteiger charge is 2.24. The molecule has 3 aliphatic carbocycles. The molecule has 358 valence electrons. The van der Waals surface area contributed by atoms with Crippen molar-refractivity contribution in [3.05, 3.63) is 57.0 Å². The van der Waals surface area contributed by atoms with E-state index in [1.54, 1.807) is 46.7 Å². The van der Waals surface area contributed by atoms with Crippen molar-refractivity contribution in [3.8, 4) is 0 Å². The van der Waals surface area contributed by atoms with Gasteiger partial charge < -0.3 is 37.8 Å². The van der Waals surface area contributed by atoms with Crippen molar-refractivity contribution in [2.75, 3.05) is 31.8 Å². The molecule has 17 heteroatoms. The summed E-state index contributed by atoms with van der Waals surface area (Å²) in [4.78, 5) is 35.5. The van der Waals surface area contributed by atoms with Crippen LogP contribution in [-0.4, -0.2) is 97.4 Å². The molecule has 13 nitrogen and oxygen atoms in total. The largest absolute Gasteiger partial charge is 0.400 e. The van der Waals surface area contributed by atoms with Gasteiger partial charge in [-0.1, -0.05) is 53.1 Å². The highest BCUT2D eigenvalue weighted by atomic mass is 35.5. The van der Waals surface area contributed by atoms with Crippen LogP contribution in [0.3, 0.4) is 0 Å². The Kier molecular flexibility index (Phi) is 21.0. The number of nitrogens with two attached hydrogens (primary N) is 3. The van der Waals surface area contributed by atoms with Crippen LogP contribution in [0.25, 0.3) is 30.6 Å². The molecule has 6 aromatic rings. The predicted octanol–water partition coefficient (Wildman–Crippen LogP) is 10.9. The van der Waals surface area contributed by atoms with E-state index in [1.165, 1.54) is 52.0 Å². The SMILES string of the molecule is CC(C)c1cc2c(Cl)ncnc2s1.CC(C)c1cc2c(NC3CCC(N(C)C)CC3)ncnc2s1.CC(C)c1cc2c(NC3CCC(N)CC3)ncnc2s1.CO.NC1CCC(N)CC1. The van der Waals surface area contributed by atoms with Gasteiger partial charge in [0.2, 0.25) is 0 Å². The van der Waals surface area contributed by atoms with Crippen LogP contribution in [0.1, 0.15) is 151 Å². The summed E-state index contributed by atoms with van der Waals surface area (Å²) in [5.41, 5.74) is 17.2. The minimum atomic E-state index is 0.382. The zero-order valence-electron chi connectivity index (χ0n) is 40.1. The highest BCUT2D eigenvalue weighted by Crippen LogP contribution is 2.36. The molecule has 9 rings (SSSR count). The first kappa shape index (κ1) is 52.8. The van der Waals surface area contributed by atoms with Gasteiger partial charge in [0, 0.05) is 63.4 Å². The van der Waals surface area contributed by atoms with Crippen LogP contribution in [0, 0.1) is 0 Å². The third-order valence-corrected chi connectivity index (χ3v) is 16.7. The summed E-state index contributed by atoms with van der Waals surface area (Å²) >= 11 is 11.2. The minimum Gasteiger partial charge on any atom is -0.400 e. The van der Waals surface area contributed by atoms with Gasteiger partial charge in [-0.05, 0) is 127 Å². The fourth-order valence-electron chi connectivity index (χ4n) is 8.21. The molecule has 3 aliphatic rings. The molecule has 0 radical (unpaired) electrons. The van der Waals surface area contributed by atoms with E-state index in [4.69, 9.17) is 33.9 Å². The molecule has 0 atom stereocenters. The average Bonchev–Trinajstić information content (AvgIpc) is 4.06. The zero-order valence-corrected chi connectivity index (χ0v) is 43.3. The molecule has 0 aromatic carbocycles. The molecule has 0 bridgehead atoms.